The molecule has 48 heavy (non-hydrogen) atoms. The van der Waals surface area contributed by atoms with Gasteiger partial charge in [-0.3, -0.25) is 0 Å². The number of nitrogens with one attached hydrogen (secondary N) is 4. The third-order valence-electron chi connectivity index (χ3n) is 9.92. The van der Waals surface area contributed by atoms with E-state index in [4.69, 9.17) is 0 Å². The van der Waals surface area contributed by atoms with Crippen LogP contribution in [-0.4, -0.2) is 19.9 Å². The molecule has 0 saturated heterocycles. The lowest BCUT2D eigenvalue weighted by atomic mass is 9.83. The minimum atomic E-state index is -0.519. The van der Waals surface area contributed by atoms with E-state index in [0.717, 1.165) is 56.7 Å². The molecule has 8 bridgehead atoms. The molecule has 0 unspecified atom stereocenters. The van der Waals surface area contributed by atoms with Crippen LogP contribution in [0.15, 0.2) is 71.8 Å². The molecule has 0 amide bonds. The Kier molecular flexibility index (Phi) is 8.35. The predicted molar refractivity (Wildman–Crippen MR) is 188 cm³/mol. The third kappa shape index (κ3) is 5.64. The van der Waals surface area contributed by atoms with Gasteiger partial charge in [0.2, 0.25) is 0 Å². The first-order valence-electron chi connectivity index (χ1n) is 15.9. The first-order chi connectivity index (χ1) is 22.6. The summed E-state index contributed by atoms with van der Waals surface area (Å²) in [6, 6.07) is 20.6. The molecule has 8 nitrogen and oxygen atoms in total. The minimum Gasteiger partial charge on any atom is -0.361 e. The van der Waals surface area contributed by atoms with E-state index in [1.165, 1.54) is 12.2 Å². The lowest BCUT2D eigenvalue weighted by Gasteiger charge is -2.28. The normalized spacial score (nSPS) is 16.8. The SMILES string of the molecule is CC1(C)c2ccc([nH]2)C(C)(C)c2[nH]c(cc2/C=C/C=C(C#N)C#N)C(C)(C)c2cc(/C=C/C=C(C#N)C#N)c([nH]2)C(C)(C)c2ccc1[nH]2. The maximum atomic E-state index is 9.28. The van der Waals surface area contributed by atoms with Gasteiger partial charge in [0.1, 0.15) is 35.4 Å². The highest BCUT2D eigenvalue weighted by Crippen LogP contribution is 2.43. The topological polar surface area (TPSA) is 158 Å². The second-order valence-corrected chi connectivity index (χ2v) is 14.4. The summed E-state index contributed by atoms with van der Waals surface area (Å²) >= 11 is 0. The molecule has 0 radical (unpaired) electrons. The Bertz CT molecular complexity index is 1990. The first kappa shape index (κ1) is 33.4. The number of H-pyrrole nitrogens is 4. The van der Waals surface area contributed by atoms with Crippen LogP contribution in [0.4, 0.5) is 0 Å². The number of allylic oxidation sites excluding steroid dienone is 6. The average Bonchev–Trinajstić information content (AvgIpc) is 3.87. The molecule has 0 fully saturated rings. The van der Waals surface area contributed by atoms with Crippen LogP contribution in [0.3, 0.4) is 0 Å². The van der Waals surface area contributed by atoms with Crippen molar-refractivity contribution in [3.8, 4) is 24.3 Å². The highest BCUT2D eigenvalue weighted by molar-refractivity contribution is 5.63. The molecule has 0 saturated carbocycles. The zero-order chi connectivity index (χ0) is 35.1. The number of nitrogens with zero attached hydrogens (tertiary/aromatic N) is 4. The van der Waals surface area contributed by atoms with E-state index < -0.39 is 16.2 Å². The van der Waals surface area contributed by atoms with Gasteiger partial charge in [-0.25, -0.2) is 0 Å². The monoisotopic (exact) mass is 632 g/mol. The number of aromatic amines is 4. The molecule has 8 heteroatoms. The standard InChI is InChI=1S/C40H40N8/c1-37(2)29-15-17-31(45-29)39(5,6)35-27(13-9-11-25(21-41)22-42)19-33(47-35)38(3,4)34-20-28(14-10-12-26(23-43)24-44)36(48-34)40(7,8)32-18-16-30(37)46-32/h9-20,45-48H,1-8H3/b13-9+,14-10+. The van der Waals surface area contributed by atoms with Gasteiger partial charge in [0.05, 0.1) is 0 Å². The summed E-state index contributed by atoms with van der Waals surface area (Å²) < 4.78 is 0. The second kappa shape index (κ2) is 12.0. The second-order valence-electron chi connectivity index (χ2n) is 14.4. The molecule has 5 heterocycles. The molecular weight excluding hydrogens is 592 g/mol. The lowest BCUT2D eigenvalue weighted by molar-refractivity contribution is 0.545. The zero-order valence-electron chi connectivity index (χ0n) is 28.7. The van der Waals surface area contributed by atoms with Crippen LogP contribution in [0.1, 0.15) is 112 Å². The molecule has 240 valence electrons. The molecule has 4 N–H and O–H groups in total. The summed E-state index contributed by atoms with van der Waals surface area (Å²) in [5.74, 6) is 0. The van der Waals surface area contributed by atoms with E-state index in [9.17, 15) is 21.0 Å². The maximum absolute atomic E-state index is 9.28. The molecule has 0 atom stereocenters. The molecule has 1 aliphatic heterocycles. The van der Waals surface area contributed by atoms with Crippen molar-refractivity contribution in [2.45, 2.75) is 77.0 Å². The van der Waals surface area contributed by atoms with Crippen molar-refractivity contribution in [3.63, 3.8) is 0 Å². The van der Waals surface area contributed by atoms with Crippen molar-refractivity contribution in [2.24, 2.45) is 0 Å². The van der Waals surface area contributed by atoms with Crippen molar-refractivity contribution in [1.29, 1.82) is 21.0 Å². The van der Waals surface area contributed by atoms with E-state index in [1.54, 1.807) is 12.2 Å². The average molecular weight is 633 g/mol. The smallest absolute Gasteiger partial charge is 0.129 e. The fourth-order valence-electron chi connectivity index (χ4n) is 6.41. The quantitative estimate of drug-likeness (QED) is 0.131. The Labute approximate surface area is 282 Å². The summed E-state index contributed by atoms with van der Waals surface area (Å²) in [5, 5.41) is 37.1. The molecule has 4 aromatic rings. The molecule has 5 rings (SSSR count). The Morgan fingerprint density at radius 1 is 0.479 bits per heavy atom. The molecule has 0 spiro atoms. The Morgan fingerprint density at radius 3 is 1.12 bits per heavy atom. The fourth-order valence-corrected chi connectivity index (χ4v) is 6.41. The Morgan fingerprint density at radius 2 is 0.792 bits per heavy atom. The lowest BCUT2D eigenvalue weighted by Crippen LogP contribution is -2.26. The summed E-state index contributed by atoms with van der Waals surface area (Å²) in [7, 11) is 0. The summed E-state index contributed by atoms with van der Waals surface area (Å²) in [4.78, 5) is 15.1. The Balaban J connectivity index is 1.80. The van der Waals surface area contributed by atoms with Gasteiger partial charge >= 0.3 is 0 Å². The van der Waals surface area contributed by atoms with Gasteiger partial charge in [-0.2, -0.15) is 21.0 Å². The van der Waals surface area contributed by atoms with Crippen LogP contribution in [0, 0.1) is 45.3 Å². The number of rotatable bonds is 4. The van der Waals surface area contributed by atoms with Gasteiger partial charge in [-0.15, -0.1) is 0 Å². The van der Waals surface area contributed by atoms with Crippen molar-refractivity contribution in [3.05, 3.63) is 129 Å². The van der Waals surface area contributed by atoms with Gasteiger partial charge in [-0.05, 0) is 115 Å². The fraction of sp³-hybridized carbons (Fsp3) is 0.300. The van der Waals surface area contributed by atoms with Crippen molar-refractivity contribution in [1.82, 2.24) is 19.9 Å². The van der Waals surface area contributed by atoms with Crippen LogP contribution in [0.25, 0.3) is 12.2 Å². The summed E-state index contributed by atoms with van der Waals surface area (Å²) in [6.45, 7) is 17.5. The van der Waals surface area contributed by atoms with E-state index in [-0.39, 0.29) is 16.6 Å². The van der Waals surface area contributed by atoms with Gasteiger partial charge < -0.3 is 19.9 Å². The molecule has 4 aromatic heterocycles. The molecule has 0 aromatic carbocycles. The summed E-state index contributed by atoms with van der Waals surface area (Å²) in [6.07, 6.45) is 10.4. The number of fused-ring (bicyclic) bond motifs is 8. The van der Waals surface area contributed by atoms with Crippen LogP contribution in [-0.2, 0) is 21.7 Å². The van der Waals surface area contributed by atoms with E-state index >= 15 is 0 Å². The van der Waals surface area contributed by atoms with Crippen LogP contribution >= 0.6 is 0 Å². The first-order valence-corrected chi connectivity index (χ1v) is 15.9. The highest BCUT2D eigenvalue weighted by atomic mass is 14.9. The minimum absolute atomic E-state index is 0.0332. The predicted octanol–water partition coefficient (Wildman–Crippen LogP) is 8.59. The van der Waals surface area contributed by atoms with Crippen molar-refractivity contribution >= 4 is 12.2 Å². The summed E-state index contributed by atoms with van der Waals surface area (Å²) in [5.41, 5.74) is 8.32. The number of nitriles is 4. The molecule has 0 aliphatic carbocycles. The largest absolute Gasteiger partial charge is 0.361 e. The van der Waals surface area contributed by atoms with Gasteiger partial charge in [-0.1, -0.05) is 24.3 Å². The van der Waals surface area contributed by atoms with E-state index in [0.29, 0.717) is 0 Å². The van der Waals surface area contributed by atoms with Gasteiger partial charge in [0, 0.05) is 67.2 Å². The molecular formula is C40H40N8. The highest BCUT2D eigenvalue weighted by Gasteiger charge is 2.38. The van der Waals surface area contributed by atoms with Crippen LogP contribution in [0.2, 0.25) is 0 Å². The maximum Gasteiger partial charge on any atom is 0.129 e. The van der Waals surface area contributed by atoms with Crippen molar-refractivity contribution < 1.29 is 0 Å². The van der Waals surface area contributed by atoms with Crippen LogP contribution < -0.4 is 0 Å². The van der Waals surface area contributed by atoms with Crippen molar-refractivity contribution in [2.75, 3.05) is 0 Å². The van der Waals surface area contributed by atoms with Gasteiger partial charge in [0.15, 0.2) is 0 Å². The molecule has 1 aliphatic rings. The zero-order valence-corrected chi connectivity index (χ0v) is 28.7. The number of hydrogen-bond acceptors (Lipinski definition) is 4. The Hall–Kier alpha value is -5.96. The van der Waals surface area contributed by atoms with Gasteiger partial charge in [0.25, 0.3) is 0 Å². The number of hydrogen-bond donors (Lipinski definition) is 4. The van der Waals surface area contributed by atoms with E-state index in [2.05, 4.69) is 112 Å². The van der Waals surface area contributed by atoms with E-state index in [1.807, 2.05) is 36.4 Å². The van der Waals surface area contributed by atoms with Crippen LogP contribution in [0.5, 0.6) is 0 Å². The number of aromatic nitrogens is 4. The third-order valence-corrected chi connectivity index (χ3v) is 9.92.